The van der Waals surface area contributed by atoms with E-state index in [9.17, 15) is 4.79 Å². The smallest absolute Gasteiger partial charge is 0.339 e. The summed E-state index contributed by atoms with van der Waals surface area (Å²) in [5.41, 5.74) is 0.499. The third-order valence-corrected chi connectivity index (χ3v) is 3.30. The summed E-state index contributed by atoms with van der Waals surface area (Å²) in [7, 11) is 0. The van der Waals surface area contributed by atoms with E-state index in [-0.39, 0.29) is 12.1 Å². The number of carbonyl (C=O) groups is 1. The molecule has 16 heavy (non-hydrogen) atoms. The normalized spacial score (nSPS) is 19.8. The largest absolute Gasteiger partial charge is 0.456 e. The van der Waals surface area contributed by atoms with Crippen molar-refractivity contribution in [3.8, 4) is 0 Å². The van der Waals surface area contributed by atoms with Crippen molar-refractivity contribution >= 4 is 34.5 Å². The summed E-state index contributed by atoms with van der Waals surface area (Å²) in [6.45, 7) is 1.15. The zero-order valence-electron chi connectivity index (χ0n) is 8.48. The van der Waals surface area contributed by atoms with Crippen LogP contribution in [0.25, 0.3) is 0 Å². The molecule has 1 aliphatic rings. The quantitative estimate of drug-likeness (QED) is 0.674. The summed E-state index contributed by atoms with van der Waals surface area (Å²) in [5.74, 6) is -0.335. The number of carbonyl (C=O) groups excluding carboxylic acids is 1. The van der Waals surface area contributed by atoms with Gasteiger partial charge in [0.05, 0.1) is 18.8 Å². The highest BCUT2D eigenvalue weighted by Gasteiger charge is 2.21. The van der Waals surface area contributed by atoms with Crippen LogP contribution in [0.15, 0.2) is 27.6 Å². The van der Waals surface area contributed by atoms with E-state index >= 15 is 0 Å². The van der Waals surface area contributed by atoms with Crippen molar-refractivity contribution in [3.05, 3.63) is 28.2 Å². The van der Waals surface area contributed by atoms with Crippen LogP contribution in [0.1, 0.15) is 16.8 Å². The van der Waals surface area contributed by atoms with Gasteiger partial charge in [0.15, 0.2) is 0 Å². The number of thiol groups is 1. The Morgan fingerprint density at radius 1 is 1.56 bits per heavy atom. The van der Waals surface area contributed by atoms with Crippen LogP contribution in [-0.4, -0.2) is 25.3 Å². The van der Waals surface area contributed by atoms with Gasteiger partial charge in [0.2, 0.25) is 0 Å². The first-order chi connectivity index (χ1) is 7.66. The summed E-state index contributed by atoms with van der Waals surface area (Å²) in [6, 6.07) is 5.28. The predicted molar refractivity (Wildman–Crippen MR) is 66.0 cm³/mol. The Balaban J connectivity index is 2.10. The van der Waals surface area contributed by atoms with Gasteiger partial charge in [-0.25, -0.2) is 4.79 Å². The number of rotatable bonds is 2. The van der Waals surface area contributed by atoms with Gasteiger partial charge in [-0.15, -0.1) is 12.6 Å². The van der Waals surface area contributed by atoms with E-state index < -0.39 is 0 Å². The first kappa shape index (κ1) is 12.0. The van der Waals surface area contributed by atoms with E-state index in [0.717, 1.165) is 11.3 Å². The van der Waals surface area contributed by atoms with Gasteiger partial charge in [0, 0.05) is 15.8 Å². The van der Waals surface area contributed by atoms with Gasteiger partial charge in [-0.2, -0.15) is 0 Å². The van der Waals surface area contributed by atoms with Crippen molar-refractivity contribution in [2.24, 2.45) is 0 Å². The van der Waals surface area contributed by atoms with Gasteiger partial charge >= 0.3 is 5.97 Å². The molecule has 1 heterocycles. The van der Waals surface area contributed by atoms with Crippen molar-refractivity contribution in [3.63, 3.8) is 0 Å². The summed E-state index contributed by atoms with van der Waals surface area (Å²) in [5, 5.41) is 0. The Hall–Kier alpha value is -0.520. The zero-order valence-corrected chi connectivity index (χ0v) is 11.0. The van der Waals surface area contributed by atoms with Crippen LogP contribution < -0.4 is 0 Å². The molecule has 1 aromatic carbocycles. The topological polar surface area (TPSA) is 35.5 Å². The van der Waals surface area contributed by atoms with Crippen LogP contribution in [0.5, 0.6) is 0 Å². The maximum absolute atomic E-state index is 11.8. The molecule has 1 saturated heterocycles. The van der Waals surface area contributed by atoms with Crippen molar-refractivity contribution in [1.29, 1.82) is 0 Å². The van der Waals surface area contributed by atoms with Crippen LogP contribution in [-0.2, 0) is 9.47 Å². The van der Waals surface area contributed by atoms with E-state index in [2.05, 4.69) is 28.6 Å². The van der Waals surface area contributed by atoms with Gasteiger partial charge in [0.1, 0.15) is 6.10 Å². The molecular formula is C11H11BrO3S. The lowest BCUT2D eigenvalue weighted by atomic mass is 10.2. The maximum atomic E-state index is 11.8. The lowest BCUT2D eigenvalue weighted by Crippen LogP contribution is -2.18. The number of ether oxygens (including phenoxy) is 2. The number of esters is 1. The van der Waals surface area contributed by atoms with Crippen LogP contribution >= 0.6 is 28.6 Å². The van der Waals surface area contributed by atoms with E-state index in [0.29, 0.717) is 23.2 Å². The molecule has 1 fully saturated rings. The van der Waals surface area contributed by atoms with Crippen molar-refractivity contribution < 1.29 is 14.3 Å². The maximum Gasteiger partial charge on any atom is 0.339 e. The summed E-state index contributed by atoms with van der Waals surface area (Å²) >= 11 is 7.51. The van der Waals surface area contributed by atoms with Crippen LogP contribution in [0.3, 0.4) is 0 Å². The highest BCUT2D eigenvalue weighted by atomic mass is 79.9. The Labute approximate surface area is 108 Å². The lowest BCUT2D eigenvalue weighted by molar-refractivity contribution is 0.0269. The molecule has 0 aliphatic carbocycles. The van der Waals surface area contributed by atoms with Crippen molar-refractivity contribution in [2.45, 2.75) is 17.4 Å². The van der Waals surface area contributed by atoms with Crippen LogP contribution in [0, 0.1) is 0 Å². The molecule has 0 saturated carbocycles. The second-order valence-corrected chi connectivity index (χ2v) is 4.93. The number of halogens is 1. The molecule has 86 valence electrons. The Morgan fingerprint density at radius 3 is 3.06 bits per heavy atom. The highest BCUT2D eigenvalue weighted by molar-refractivity contribution is 9.10. The molecule has 5 heteroatoms. The molecule has 1 aromatic rings. The molecule has 1 atom stereocenters. The monoisotopic (exact) mass is 302 g/mol. The van der Waals surface area contributed by atoms with Gasteiger partial charge in [-0.05, 0) is 34.1 Å². The Kier molecular flexibility index (Phi) is 3.89. The minimum Gasteiger partial charge on any atom is -0.456 e. The fourth-order valence-corrected chi connectivity index (χ4v) is 2.10. The van der Waals surface area contributed by atoms with Gasteiger partial charge in [-0.1, -0.05) is 0 Å². The van der Waals surface area contributed by atoms with Crippen LogP contribution in [0.4, 0.5) is 0 Å². The molecule has 0 spiro atoms. The first-order valence-corrected chi connectivity index (χ1v) is 6.18. The fourth-order valence-electron chi connectivity index (χ4n) is 1.49. The van der Waals surface area contributed by atoms with E-state index in [1.165, 1.54) is 0 Å². The zero-order chi connectivity index (χ0) is 11.5. The molecule has 0 radical (unpaired) electrons. The molecule has 0 bridgehead atoms. The number of hydrogen-bond acceptors (Lipinski definition) is 4. The first-order valence-electron chi connectivity index (χ1n) is 4.94. The molecular weight excluding hydrogens is 292 g/mol. The lowest BCUT2D eigenvalue weighted by Gasteiger charge is -2.11. The third-order valence-electron chi connectivity index (χ3n) is 2.33. The average Bonchev–Trinajstić information content (AvgIpc) is 2.74. The van der Waals surface area contributed by atoms with Gasteiger partial charge in [-0.3, -0.25) is 0 Å². The third kappa shape index (κ3) is 2.78. The molecule has 1 aliphatic heterocycles. The summed E-state index contributed by atoms with van der Waals surface area (Å²) < 4.78 is 11.2. The van der Waals surface area contributed by atoms with E-state index in [1.807, 2.05) is 6.07 Å². The molecule has 0 amide bonds. The standard InChI is InChI=1S/C11H11BrO3S/c12-10-2-1-8(16)5-9(10)11(13)15-7-3-4-14-6-7/h1-2,5,7,16H,3-4,6H2. The molecule has 1 unspecified atom stereocenters. The predicted octanol–water partition coefficient (Wildman–Crippen LogP) is 2.68. The molecule has 2 rings (SSSR count). The second-order valence-electron chi connectivity index (χ2n) is 3.56. The van der Waals surface area contributed by atoms with Crippen molar-refractivity contribution in [1.82, 2.24) is 0 Å². The summed E-state index contributed by atoms with van der Waals surface area (Å²) in [6.07, 6.45) is 0.646. The minimum atomic E-state index is -0.335. The van der Waals surface area contributed by atoms with Crippen molar-refractivity contribution in [2.75, 3.05) is 13.2 Å². The number of hydrogen-bond donors (Lipinski definition) is 1. The highest BCUT2D eigenvalue weighted by Crippen LogP contribution is 2.22. The molecule has 3 nitrogen and oxygen atoms in total. The molecule has 0 aromatic heterocycles. The van der Waals surface area contributed by atoms with Crippen LogP contribution in [0.2, 0.25) is 0 Å². The van der Waals surface area contributed by atoms with Gasteiger partial charge in [0.25, 0.3) is 0 Å². The van der Waals surface area contributed by atoms with Gasteiger partial charge < -0.3 is 9.47 Å². The molecule has 0 N–H and O–H groups in total. The second kappa shape index (κ2) is 5.21. The van der Waals surface area contributed by atoms with E-state index in [1.54, 1.807) is 12.1 Å². The SMILES string of the molecule is O=C(OC1CCOC1)c1cc(S)ccc1Br. The van der Waals surface area contributed by atoms with E-state index in [4.69, 9.17) is 9.47 Å². The minimum absolute atomic E-state index is 0.122. The average molecular weight is 303 g/mol. The fraction of sp³-hybridized carbons (Fsp3) is 0.364. The summed E-state index contributed by atoms with van der Waals surface area (Å²) in [4.78, 5) is 12.6. The Bertz CT molecular complexity index is 402. The number of benzene rings is 1. The Morgan fingerprint density at radius 2 is 2.38 bits per heavy atom.